The zero-order chi connectivity index (χ0) is 18.0. The van der Waals surface area contributed by atoms with Crippen molar-refractivity contribution in [3.8, 4) is 0 Å². The van der Waals surface area contributed by atoms with Crippen molar-refractivity contribution in [1.29, 1.82) is 0 Å². The van der Waals surface area contributed by atoms with Crippen LogP contribution in [0.5, 0.6) is 0 Å². The van der Waals surface area contributed by atoms with Crippen molar-refractivity contribution in [1.82, 2.24) is 9.78 Å². The lowest BCUT2D eigenvalue weighted by Gasteiger charge is -2.13. The van der Waals surface area contributed by atoms with Gasteiger partial charge in [-0.1, -0.05) is 11.6 Å². The second kappa shape index (κ2) is 7.27. The first-order valence-corrected chi connectivity index (χ1v) is 7.79. The van der Waals surface area contributed by atoms with Crippen LogP contribution in [0.25, 0.3) is 0 Å². The average molecular weight is 422 g/mol. The fraction of sp³-hybridized carbons (Fsp3) is 0.214. The molecule has 0 unspecified atom stereocenters. The Morgan fingerprint density at radius 1 is 1.42 bits per heavy atom. The molecule has 2 aromatic rings. The lowest BCUT2D eigenvalue weighted by atomic mass is 10.1. The molecule has 0 radical (unpaired) electrons. The molecular weight excluding hydrogens is 410 g/mol. The molecule has 0 saturated heterocycles. The van der Waals surface area contributed by atoms with E-state index in [2.05, 4.69) is 26.3 Å². The molecular formula is C14H12BrClF2N4O2. The van der Waals surface area contributed by atoms with Gasteiger partial charge in [0.1, 0.15) is 16.8 Å². The Morgan fingerprint density at radius 2 is 2.08 bits per heavy atom. The summed E-state index contributed by atoms with van der Waals surface area (Å²) in [6.45, 7) is 0.886. The van der Waals surface area contributed by atoms with Gasteiger partial charge in [0.05, 0.1) is 11.3 Å². The number of benzene rings is 1. The second-order valence-corrected chi connectivity index (χ2v) is 6.14. The van der Waals surface area contributed by atoms with Gasteiger partial charge in [0, 0.05) is 11.1 Å². The van der Waals surface area contributed by atoms with E-state index >= 15 is 0 Å². The lowest BCUT2D eigenvalue weighted by molar-refractivity contribution is 0.0988. The number of aromatic nitrogens is 2. The highest BCUT2D eigenvalue weighted by molar-refractivity contribution is 9.10. The van der Waals surface area contributed by atoms with Crippen LogP contribution in [0.2, 0.25) is 5.02 Å². The van der Waals surface area contributed by atoms with Gasteiger partial charge in [-0.25, -0.2) is 8.78 Å². The van der Waals surface area contributed by atoms with Gasteiger partial charge in [-0.15, -0.1) is 0 Å². The fourth-order valence-electron chi connectivity index (χ4n) is 2.12. The second-order valence-electron chi connectivity index (χ2n) is 4.89. The van der Waals surface area contributed by atoms with Crippen molar-refractivity contribution in [3.05, 3.63) is 44.6 Å². The number of nitrogens with two attached hydrogens (primary N) is 1. The number of carbonyl (C=O) groups is 2. The number of carbonyl (C=O) groups excluding carboxylic acids is 2. The first kappa shape index (κ1) is 18.3. The van der Waals surface area contributed by atoms with E-state index in [0.717, 1.165) is 4.68 Å². The first-order chi connectivity index (χ1) is 11.2. The molecule has 0 fully saturated rings. The van der Waals surface area contributed by atoms with Crippen LogP contribution in [-0.2, 0) is 6.54 Å². The summed E-state index contributed by atoms with van der Waals surface area (Å²) in [4.78, 5) is 24.0. The number of nitrogens with zero attached hydrogens (tertiary/aromatic N) is 2. The maximum Gasteiger partial charge on any atom is 0.274 e. The normalized spacial score (nSPS) is 10.9. The molecule has 2 rings (SSSR count). The van der Waals surface area contributed by atoms with Crippen molar-refractivity contribution in [2.45, 2.75) is 19.9 Å². The molecule has 3 N–H and O–H groups in total. The third-order valence-corrected chi connectivity index (χ3v) is 3.70. The summed E-state index contributed by atoms with van der Waals surface area (Å²) in [5, 5.41) is 6.58. The number of rotatable bonds is 5. The van der Waals surface area contributed by atoms with Crippen LogP contribution >= 0.6 is 27.5 Å². The van der Waals surface area contributed by atoms with Crippen LogP contribution in [0, 0.1) is 6.92 Å². The van der Waals surface area contributed by atoms with E-state index < -0.39 is 24.8 Å². The molecule has 0 aliphatic carbocycles. The lowest BCUT2D eigenvalue weighted by Crippen LogP contribution is -2.23. The topological polar surface area (TPSA) is 90.0 Å². The highest BCUT2D eigenvalue weighted by atomic mass is 79.9. The number of anilines is 1. The summed E-state index contributed by atoms with van der Waals surface area (Å²) >= 11 is 8.92. The van der Waals surface area contributed by atoms with Gasteiger partial charge < -0.3 is 11.1 Å². The summed E-state index contributed by atoms with van der Waals surface area (Å²) in [6, 6.07) is 4.15. The van der Waals surface area contributed by atoms with Gasteiger partial charge in [-0.3, -0.25) is 14.3 Å². The first-order valence-electron chi connectivity index (χ1n) is 6.62. The van der Waals surface area contributed by atoms with Gasteiger partial charge in [-0.2, -0.15) is 5.10 Å². The van der Waals surface area contributed by atoms with Crippen molar-refractivity contribution in [2.24, 2.45) is 5.73 Å². The minimum Gasteiger partial charge on any atom is -0.366 e. The maximum absolute atomic E-state index is 12.6. The number of amides is 2. The quantitative estimate of drug-likeness (QED) is 0.777. The van der Waals surface area contributed by atoms with Gasteiger partial charge >= 0.3 is 0 Å². The Kier molecular flexibility index (Phi) is 5.55. The third kappa shape index (κ3) is 4.09. The number of hydrogen-bond acceptors (Lipinski definition) is 3. The Labute approximate surface area is 149 Å². The molecule has 0 spiro atoms. The molecule has 1 aromatic heterocycles. The minimum atomic E-state index is -2.68. The highest BCUT2D eigenvalue weighted by Gasteiger charge is 2.20. The predicted molar refractivity (Wildman–Crippen MR) is 88.6 cm³/mol. The van der Waals surface area contributed by atoms with E-state index in [9.17, 15) is 18.4 Å². The largest absolute Gasteiger partial charge is 0.366 e. The SMILES string of the molecule is Cc1cc(Cl)cc(C(N)=O)c1NC(=O)c1cc(Br)nn1CC(F)F. The summed E-state index contributed by atoms with van der Waals surface area (Å²) in [6.07, 6.45) is -2.68. The molecule has 0 aliphatic rings. The number of alkyl halides is 2. The summed E-state index contributed by atoms with van der Waals surface area (Å²) in [7, 11) is 0. The van der Waals surface area contributed by atoms with Gasteiger partial charge in [0.15, 0.2) is 0 Å². The number of aryl methyl sites for hydroxylation is 1. The summed E-state index contributed by atoms with van der Waals surface area (Å²) in [5.74, 6) is -1.49. The Morgan fingerprint density at radius 3 is 2.67 bits per heavy atom. The fourth-order valence-corrected chi connectivity index (χ4v) is 2.80. The smallest absolute Gasteiger partial charge is 0.274 e. The van der Waals surface area contributed by atoms with Crippen molar-refractivity contribution < 1.29 is 18.4 Å². The Bertz CT molecular complexity index is 810. The maximum atomic E-state index is 12.6. The van der Waals surface area contributed by atoms with Gasteiger partial charge in [-0.05, 0) is 40.5 Å². The molecule has 2 amide bonds. The zero-order valence-electron chi connectivity index (χ0n) is 12.3. The Balaban J connectivity index is 2.39. The molecule has 0 aliphatic heterocycles. The molecule has 0 bridgehead atoms. The standard InChI is InChI=1S/C14H12BrClF2N4O2/c1-6-2-7(16)3-8(13(19)23)12(6)20-14(24)9-4-10(15)21-22(9)5-11(17)18/h2-4,11H,5H2,1H3,(H2,19,23)(H,20,24). The van der Waals surface area contributed by atoms with Crippen LogP contribution in [0.3, 0.4) is 0 Å². The molecule has 10 heteroatoms. The van der Waals surface area contributed by atoms with Crippen LogP contribution in [0.15, 0.2) is 22.8 Å². The molecule has 128 valence electrons. The number of primary amides is 1. The van der Waals surface area contributed by atoms with Gasteiger partial charge in [0.25, 0.3) is 18.2 Å². The number of nitrogens with one attached hydrogen (secondary N) is 1. The van der Waals surface area contributed by atoms with Crippen molar-refractivity contribution in [2.75, 3.05) is 5.32 Å². The van der Waals surface area contributed by atoms with Crippen LogP contribution in [-0.4, -0.2) is 28.0 Å². The summed E-state index contributed by atoms with van der Waals surface area (Å²) < 4.78 is 26.3. The third-order valence-electron chi connectivity index (χ3n) is 3.10. The molecule has 1 aromatic carbocycles. The average Bonchev–Trinajstić information content (AvgIpc) is 2.81. The van der Waals surface area contributed by atoms with Crippen molar-refractivity contribution >= 4 is 45.0 Å². The van der Waals surface area contributed by atoms with E-state index in [-0.39, 0.29) is 26.6 Å². The van der Waals surface area contributed by atoms with Crippen LogP contribution < -0.4 is 11.1 Å². The minimum absolute atomic E-state index is 0.0207. The molecule has 1 heterocycles. The van der Waals surface area contributed by atoms with E-state index in [0.29, 0.717) is 5.56 Å². The number of halogens is 4. The van der Waals surface area contributed by atoms with Crippen molar-refractivity contribution in [3.63, 3.8) is 0 Å². The van der Waals surface area contributed by atoms with Crippen LogP contribution in [0.1, 0.15) is 26.4 Å². The van der Waals surface area contributed by atoms with E-state index in [1.165, 1.54) is 18.2 Å². The molecule has 0 saturated carbocycles. The van der Waals surface area contributed by atoms with E-state index in [1.807, 2.05) is 0 Å². The number of hydrogen-bond donors (Lipinski definition) is 2. The summed E-state index contributed by atoms with van der Waals surface area (Å²) in [5.41, 5.74) is 5.89. The monoisotopic (exact) mass is 420 g/mol. The zero-order valence-corrected chi connectivity index (χ0v) is 14.7. The Hall–Kier alpha value is -2.00. The van der Waals surface area contributed by atoms with E-state index in [1.54, 1.807) is 6.92 Å². The highest BCUT2D eigenvalue weighted by Crippen LogP contribution is 2.26. The molecule has 6 nitrogen and oxygen atoms in total. The van der Waals surface area contributed by atoms with Crippen LogP contribution in [0.4, 0.5) is 14.5 Å². The molecule has 24 heavy (non-hydrogen) atoms. The molecule has 0 atom stereocenters. The van der Waals surface area contributed by atoms with E-state index in [4.69, 9.17) is 17.3 Å². The van der Waals surface area contributed by atoms with Gasteiger partial charge in [0.2, 0.25) is 0 Å². The predicted octanol–water partition coefficient (Wildman–Crippen LogP) is 3.22.